The largest absolute Gasteiger partial charge is 0.360 e. The Morgan fingerprint density at radius 3 is 2.61 bits per heavy atom. The molecule has 0 aromatic carbocycles. The van der Waals surface area contributed by atoms with E-state index in [0.29, 0.717) is 0 Å². The average molecular weight is 236 g/mol. The fraction of sp³-hybridized carbons (Fsp3) is 0. The highest BCUT2D eigenvalue weighted by Gasteiger charge is 1.88. The average Bonchev–Trinajstić information content (AvgIpc) is 3.08. The Bertz CT molecular complexity index is 628. The van der Waals surface area contributed by atoms with Crippen molar-refractivity contribution in [2.24, 2.45) is 0 Å². The molecule has 0 radical (unpaired) electrons. The zero-order chi connectivity index (χ0) is 12.2. The Balaban J connectivity index is 0.000000111. The van der Waals surface area contributed by atoms with Gasteiger partial charge in [-0.15, -0.1) is 0 Å². The first-order chi connectivity index (χ1) is 8.93. The van der Waals surface area contributed by atoms with Crippen LogP contribution in [0.4, 0.5) is 0 Å². The van der Waals surface area contributed by atoms with E-state index in [1.807, 2.05) is 48.9 Å². The second-order valence-electron chi connectivity index (χ2n) is 3.86. The number of fused-ring (bicyclic) bond motifs is 2. The molecule has 4 aromatic rings. The molecule has 0 amide bonds. The van der Waals surface area contributed by atoms with Gasteiger partial charge in [-0.3, -0.25) is 4.98 Å². The molecule has 0 aliphatic rings. The molecule has 4 heterocycles. The van der Waals surface area contributed by atoms with Crippen molar-refractivity contribution in [2.75, 3.05) is 0 Å². The Labute approximate surface area is 104 Å². The van der Waals surface area contributed by atoms with E-state index >= 15 is 0 Å². The van der Waals surface area contributed by atoms with Crippen LogP contribution in [0.25, 0.3) is 21.9 Å². The minimum atomic E-state index is 0.956. The number of nitrogens with one attached hydrogen (secondary N) is 2. The zero-order valence-electron chi connectivity index (χ0n) is 9.67. The van der Waals surface area contributed by atoms with Gasteiger partial charge < -0.3 is 9.97 Å². The van der Waals surface area contributed by atoms with Crippen LogP contribution in [-0.4, -0.2) is 19.9 Å². The summed E-state index contributed by atoms with van der Waals surface area (Å²) < 4.78 is 0. The van der Waals surface area contributed by atoms with E-state index in [-0.39, 0.29) is 0 Å². The van der Waals surface area contributed by atoms with Crippen molar-refractivity contribution in [3.8, 4) is 0 Å². The van der Waals surface area contributed by atoms with Gasteiger partial charge in [-0.05, 0) is 30.3 Å². The second-order valence-corrected chi connectivity index (χ2v) is 3.86. The lowest BCUT2D eigenvalue weighted by Crippen LogP contribution is -1.70. The molecule has 0 atom stereocenters. The Morgan fingerprint density at radius 2 is 1.72 bits per heavy atom. The number of H-pyrrole nitrogens is 2. The molecular weight excluding hydrogens is 224 g/mol. The van der Waals surface area contributed by atoms with Crippen molar-refractivity contribution in [3.63, 3.8) is 0 Å². The van der Waals surface area contributed by atoms with E-state index in [1.54, 1.807) is 12.4 Å². The second kappa shape index (κ2) is 4.71. The zero-order valence-corrected chi connectivity index (χ0v) is 9.67. The first-order valence-corrected chi connectivity index (χ1v) is 5.69. The van der Waals surface area contributed by atoms with Crippen molar-refractivity contribution in [2.45, 2.75) is 0 Å². The first kappa shape index (κ1) is 10.5. The molecule has 0 unspecified atom stereocenters. The monoisotopic (exact) mass is 236 g/mol. The first-order valence-electron chi connectivity index (χ1n) is 5.69. The maximum Gasteiger partial charge on any atom is 0.137 e. The van der Waals surface area contributed by atoms with Crippen LogP contribution >= 0.6 is 0 Å². The van der Waals surface area contributed by atoms with Crippen LogP contribution < -0.4 is 0 Å². The van der Waals surface area contributed by atoms with Gasteiger partial charge in [0, 0.05) is 35.6 Å². The van der Waals surface area contributed by atoms with Gasteiger partial charge in [0.05, 0.1) is 11.7 Å². The third-order valence-electron chi connectivity index (χ3n) is 2.68. The highest BCUT2D eigenvalue weighted by Crippen LogP contribution is 2.07. The molecule has 4 aromatic heterocycles. The molecule has 88 valence electrons. The quantitative estimate of drug-likeness (QED) is 0.493. The Morgan fingerprint density at radius 1 is 0.833 bits per heavy atom. The molecule has 0 fully saturated rings. The van der Waals surface area contributed by atoms with Crippen molar-refractivity contribution in [1.29, 1.82) is 0 Å². The van der Waals surface area contributed by atoms with Crippen molar-refractivity contribution in [3.05, 3.63) is 61.3 Å². The van der Waals surface area contributed by atoms with Gasteiger partial charge in [0.15, 0.2) is 0 Å². The van der Waals surface area contributed by atoms with Gasteiger partial charge in [0.25, 0.3) is 0 Å². The van der Waals surface area contributed by atoms with Crippen LogP contribution in [0.15, 0.2) is 61.3 Å². The fourth-order valence-corrected chi connectivity index (χ4v) is 1.78. The lowest BCUT2D eigenvalue weighted by Gasteiger charge is -1.82. The van der Waals surface area contributed by atoms with E-state index in [2.05, 4.69) is 19.9 Å². The smallest absolute Gasteiger partial charge is 0.137 e. The molecular formula is C14H12N4. The molecule has 0 aliphatic heterocycles. The van der Waals surface area contributed by atoms with E-state index < -0.39 is 0 Å². The van der Waals surface area contributed by atoms with Crippen LogP contribution in [0.3, 0.4) is 0 Å². The minimum Gasteiger partial charge on any atom is -0.360 e. The molecule has 0 spiro atoms. The predicted octanol–water partition coefficient (Wildman–Crippen LogP) is 3.13. The maximum atomic E-state index is 4.09. The number of hydrogen-bond acceptors (Lipinski definition) is 2. The molecule has 2 N–H and O–H groups in total. The van der Waals surface area contributed by atoms with Crippen LogP contribution in [-0.2, 0) is 0 Å². The Hall–Kier alpha value is -2.62. The van der Waals surface area contributed by atoms with E-state index in [0.717, 1.165) is 16.6 Å². The molecule has 0 aliphatic carbocycles. The third kappa shape index (κ3) is 2.08. The fourth-order valence-electron chi connectivity index (χ4n) is 1.78. The number of rotatable bonds is 0. The number of pyridine rings is 2. The van der Waals surface area contributed by atoms with Gasteiger partial charge in [0.1, 0.15) is 5.65 Å². The number of hydrogen-bond donors (Lipinski definition) is 2. The summed E-state index contributed by atoms with van der Waals surface area (Å²) in [5.74, 6) is 0. The Kier molecular flexibility index (Phi) is 2.75. The van der Waals surface area contributed by atoms with Crippen molar-refractivity contribution < 1.29 is 0 Å². The highest BCUT2D eigenvalue weighted by atomic mass is 14.8. The highest BCUT2D eigenvalue weighted by molar-refractivity contribution is 5.77. The van der Waals surface area contributed by atoms with Gasteiger partial charge in [-0.25, -0.2) is 4.98 Å². The summed E-state index contributed by atoms with van der Waals surface area (Å²) in [6, 6.07) is 9.96. The summed E-state index contributed by atoms with van der Waals surface area (Å²) in [6.45, 7) is 0. The van der Waals surface area contributed by atoms with Gasteiger partial charge >= 0.3 is 0 Å². The number of aromatic nitrogens is 4. The van der Waals surface area contributed by atoms with Gasteiger partial charge in [-0.2, -0.15) is 0 Å². The standard InChI is InChI=1S/2C7H6N2/c1-3-8-5-7-6(1)2-4-9-7;1-2-6-3-5-9-7(6)8-4-1/h1-5,9H;1-5H,(H,8,9). The molecule has 0 saturated heterocycles. The van der Waals surface area contributed by atoms with Crippen LogP contribution in [0, 0.1) is 0 Å². The molecule has 0 bridgehead atoms. The summed E-state index contributed by atoms with van der Waals surface area (Å²) in [7, 11) is 0. The molecule has 4 rings (SSSR count). The SMILES string of the molecule is c1cc2cc[nH]c2cn1.c1cnc2[nH]ccc2c1. The van der Waals surface area contributed by atoms with Crippen molar-refractivity contribution >= 4 is 21.9 Å². The topological polar surface area (TPSA) is 57.4 Å². The number of nitrogens with zero attached hydrogens (tertiary/aromatic N) is 2. The number of aromatic amines is 2. The van der Waals surface area contributed by atoms with E-state index in [9.17, 15) is 0 Å². The molecule has 0 saturated carbocycles. The van der Waals surface area contributed by atoms with Gasteiger partial charge in [-0.1, -0.05) is 0 Å². The maximum absolute atomic E-state index is 4.09. The van der Waals surface area contributed by atoms with Crippen LogP contribution in [0.1, 0.15) is 0 Å². The minimum absolute atomic E-state index is 0.956. The van der Waals surface area contributed by atoms with Crippen molar-refractivity contribution in [1.82, 2.24) is 19.9 Å². The molecule has 18 heavy (non-hydrogen) atoms. The van der Waals surface area contributed by atoms with Crippen LogP contribution in [0.5, 0.6) is 0 Å². The van der Waals surface area contributed by atoms with E-state index in [1.165, 1.54) is 5.39 Å². The summed E-state index contributed by atoms with van der Waals surface area (Å²) >= 11 is 0. The predicted molar refractivity (Wildman–Crippen MR) is 72.2 cm³/mol. The summed E-state index contributed by atoms with van der Waals surface area (Å²) in [4.78, 5) is 14.1. The summed E-state index contributed by atoms with van der Waals surface area (Å²) in [5, 5.41) is 2.38. The van der Waals surface area contributed by atoms with E-state index in [4.69, 9.17) is 0 Å². The normalized spacial score (nSPS) is 10.2. The summed E-state index contributed by atoms with van der Waals surface area (Å²) in [5.41, 5.74) is 2.05. The molecule has 4 heteroatoms. The lowest BCUT2D eigenvalue weighted by molar-refractivity contribution is 1.33. The van der Waals surface area contributed by atoms with Crippen LogP contribution in [0.2, 0.25) is 0 Å². The molecule has 4 nitrogen and oxygen atoms in total. The summed E-state index contributed by atoms with van der Waals surface area (Å²) in [6.07, 6.45) is 9.17. The van der Waals surface area contributed by atoms with Gasteiger partial charge in [0.2, 0.25) is 0 Å². The third-order valence-corrected chi connectivity index (χ3v) is 2.68. The lowest BCUT2D eigenvalue weighted by atomic mass is 10.3.